The lowest BCUT2D eigenvalue weighted by Crippen LogP contribution is -2.52. The minimum absolute atomic E-state index is 0.115. The predicted octanol–water partition coefficient (Wildman–Crippen LogP) is 26.0. The third-order valence-corrected chi connectivity index (χ3v) is 24.4. The largest absolute Gasteiger partial charge is 0.265 e. The molecule has 3 heterocycles. The van der Waals surface area contributed by atoms with Gasteiger partial charge in [0.2, 0.25) is 0 Å². The highest BCUT2D eigenvalue weighted by Gasteiger charge is 2.33. The Bertz CT molecular complexity index is 4000. The van der Waals surface area contributed by atoms with Crippen molar-refractivity contribution in [3.8, 4) is 44.5 Å². The van der Waals surface area contributed by atoms with Gasteiger partial charge in [-0.2, -0.15) is 0 Å². The van der Waals surface area contributed by atoms with E-state index >= 15 is 0 Å². The molecule has 0 spiro atoms. The Morgan fingerprint density at radius 1 is 0.248 bits per heavy atom. The van der Waals surface area contributed by atoms with Crippen LogP contribution in [0.2, 0.25) is 58.9 Å². The lowest BCUT2D eigenvalue weighted by molar-refractivity contribution is 0.569. The van der Waals surface area contributed by atoms with Crippen LogP contribution in [0.15, 0.2) is 231 Å². The van der Waals surface area contributed by atoms with Gasteiger partial charge in [0, 0.05) is 42.1 Å². The number of nitrogens with zero attached hydrogens (tertiary/aromatic N) is 3. The number of rotatable bonds is 3. The van der Waals surface area contributed by atoms with Crippen molar-refractivity contribution in [2.75, 3.05) is 0 Å². The van der Waals surface area contributed by atoms with Crippen molar-refractivity contribution in [2.45, 2.75) is 249 Å². The first-order chi connectivity index (χ1) is 46.4. The number of fused-ring (bicyclic) bond motifs is 8. The molecule has 101 heavy (non-hydrogen) atoms. The Kier molecular flexibility index (Phi) is 28.6. The van der Waals surface area contributed by atoms with Crippen LogP contribution in [0.1, 0.15) is 190 Å². The molecular formula is C95H131N3Si3. The minimum atomic E-state index is -1.28. The topological polar surface area (TPSA) is 38.7 Å². The highest BCUT2D eigenvalue weighted by molar-refractivity contribution is 6.92. The molecule has 0 bridgehead atoms. The molecule has 0 amide bonds. The molecule has 6 heteroatoms. The van der Waals surface area contributed by atoms with Gasteiger partial charge in [0.1, 0.15) is 0 Å². The second kappa shape index (κ2) is 34.3. The average Bonchev–Trinajstić information content (AvgIpc) is 0.755. The summed E-state index contributed by atoms with van der Waals surface area (Å²) < 4.78 is 0. The van der Waals surface area contributed by atoms with E-state index in [0.29, 0.717) is 0 Å². The first-order valence-electron chi connectivity index (χ1n) is 36.9. The van der Waals surface area contributed by atoms with Crippen molar-refractivity contribution in [2.24, 2.45) is 0 Å². The Labute approximate surface area is 620 Å². The van der Waals surface area contributed by atoms with Crippen LogP contribution in [0.4, 0.5) is 0 Å². The van der Waals surface area contributed by atoms with Crippen LogP contribution in [0.5, 0.6) is 0 Å². The van der Waals surface area contributed by atoms with E-state index in [2.05, 4.69) is 408 Å². The third-order valence-electron chi connectivity index (χ3n) is 18.3. The van der Waals surface area contributed by atoms with Gasteiger partial charge >= 0.3 is 0 Å². The second-order valence-corrected chi connectivity index (χ2v) is 52.8. The molecule has 3 aromatic heterocycles. The zero-order valence-corrected chi connectivity index (χ0v) is 71.8. The molecule has 1 aliphatic carbocycles. The first-order valence-corrected chi connectivity index (χ1v) is 47.4. The van der Waals surface area contributed by atoms with Crippen LogP contribution in [-0.4, -0.2) is 39.2 Å². The number of pyridine rings is 3. The highest BCUT2D eigenvalue weighted by atomic mass is 28.3. The zero-order chi connectivity index (χ0) is 76.0. The number of aromatic nitrogens is 3. The summed E-state index contributed by atoms with van der Waals surface area (Å²) in [5.74, 6) is 0. The van der Waals surface area contributed by atoms with E-state index < -0.39 is 24.2 Å². The molecule has 0 fully saturated rings. The van der Waals surface area contributed by atoms with E-state index in [4.69, 9.17) is 0 Å². The van der Waals surface area contributed by atoms with E-state index in [9.17, 15) is 0 Å². The second-order valence-electron chi connectivity index (χ2n) is 37.7. The van der Waals surface area contributed by atoms with Gasteiger partial charge < -0.3 is 0 Å². The monoisotopic (exact) mass is 1400 g/mol. The lowest BCUT2D eigenvalue weighted by Gasteiger charge is -2.35. The maximum Gasteiger partial charge on any atom is 0.0779 e. The van der Waals surface area contributed by atoms with Crippen molar-refractivity contribution in [3.63, 3.8) is 0 Å². The Hall–Kier alpha value is -7.36. The van der Waals surface area contributed by atoms with Gasteiger partial charge in [-0.05, 0) is 159 Å². The molecule has 0 atom stereocenters. The molecule has 0 saturated heterocycles. The van der Waals surface area contributed by atoms with Gasteiger partial charge in [-0.3, -0.25) is 15.0 Å². The van der Waals surface area contributed by atoms with Crippen LogP contribution >= 0.6 is 0 Å². The summed E-state index contributed by atoms with van der Waals surface area (Å²) in [5, 5.41) is 4.93. The summed E-state index contributed by atoms with van der Waals surface area (Å²) in [6.07, 6.45) is 9.22. The van der Waals surface area contributed by atoms with Crippen LogP contribution in [0.25, 0.3) is 44.5 Å². The summed E-state index contributed by atoms with van der Waals surface area (Å²) in [5.41, 5.74) is 23.2. The SMILES string of the molecule is CC(C)(C)c1c([Si](C)(C)C)cccc1[Si](C)(C)C.CC(C)(C)c1ccc2c(c1)-c1ccccc1-c1ccccc1-c1ccccc1-2.CC(C)(C)c1ccccc1[Si](C)(C)C.CC(C)(C)c1ccccn1.CC(C)(C)c1cccnc1.CC(C)(C)c1ccncc1.Cc1ccccc1C(C)(C)C. The van der Waals surface area contributed by atoms with Crippen molar-refractivity contribution in [1.29, 1.82) is 0 Å². The smallest absolute Gasteiger partial charge is 0.0779 e. The van der Waals surface area contributed by atoms with Gasteiger partial charge in [-0.25, -0.2) is 0 Å². The number of hydrogen-bond donors (Lipinski definition) is 0. The van der Waals surface area contributed by atoms with Gasteiger partial charge in [-0.1, -0.05) is 384 Å². The molecule has 10 aromatic rings. The fourth-order valence-electron chi connectivity index (χ4n) is 12.6. The normalized spacial score (nSPS) is 12.3. The van der Waals surface area contributed by atoms with E-state index in [1.54, 1.807) is 27.3 Å². The van der Waals surface area contributed by atoms with Crippen LogP contribution in [0, 0.1) is 6.92 Å². The molecule has 11 rings (SSSR count). The summed E-state index contributed by atoms with van der Waals surface area (Å²) in [7, 11) is -3.74. The summed E-state index contributed by atoms with van der Waals surface area (Å²) in [6, 6.07) is 72.2. The Morgan fingerprint density at radius 3 is 0.931 bits per heavy atom. The van der Waals surface area contributed by atoms with Crippen LogP contribution in [0.3, 0.4) is 0 Å². The summed E-state index contributed by atoms with van der Waals surface area (Å²) in [4.78, 5) is 12.3. The van der Waals surface area contributed by atoms with Crippen molar-refractivity contribution in [3.05, 3.63) is 276 Å². The lowest BCUT2D eigenvalue weighted by atomic mass is 9.78. The molecule has 3 nitrogen and oxygen atoms in total. The van der Waals surface area contributed by atoms with Crippen LogP contribution in [-0.2, 0) is 37.9 Å². The molecule has 0 radical (unpaired) electrons. The molecular weight excluding hydrogens is 1270 g/mol. The van der Waals surface area contributed by atoms with E-state index in [1.165, 1.54) is 77.9 Å². The molecule has 0 saturated carbocycles. The van der Waals surface area contributed by atoms with E-state index in [0.717, 1.165) is 5.69 Å². The number of aryl methyl sites for hydroxylation is 1. The van der Waals surface area contributed by atoms with Crippen molar-refractivity contribution < 1.29 is 0 Å². The average molecular weight is 1400 g/mol. The maximum atomic E-state index is 4.25. The van der Waals surface area contributed by atoms with Gasteiger partial charge in [-0.15, -0.1) is 0 Å². The van der Waals surface area contributed by atoms with Gasteiger partial charge in [0.25, 0.3) is 0 Å². The number of benzene rings is 7. The fourth-order valence-corrected chi connectivity index (χ4v) is 18.3. The summed E-state index contributed by atoms with van der Waals surface area (Å²) >= 11 is 0. The van der Waals surface area contributed by atoms with E-state index in [-0.39, 0.29) is 37.9 Å². The van der Waals surface area contributed by atoms with Crippen LogP contribution < -0.4 is 15.6 Å². The molecule has 0 unspecified atom stereocenters. The fraction of sp³-hybridized carbons (Fsp3) is 0.400. The number of hydrogen-bond acceptors (Lipinski definition) is 3. The standard InChI is InChI=1S/C28H24.C16H30Si2.C13H22Si.C11H16.3C9H13N/c1-28(2,3)19-16-17-26-24-14-7-6-12-22(24)20-10-4-5-11-21(20)23-13-8-9-15-25(23)27(26)18-19;1-16(2,3)15-13(17(4,5)6)11-10-12-14(15)18(7,8)9;1-13(2,3)11-9-7-8-10-12(11)14(4,5)6;1-9-7-5-6-8-10(9)11(2,3)4;1-9(2,3)8-4-6-10-7-5-8;1-9(2,3)8-5-4-6-10-7-8;1-9(2,3)8-6-4-5-7-10-8/h4-18H,1-3H3;10-12H,1-9H3;7-10H,1-6H3;5-8H,1-4H3;3*4-7H,1-3H3. The third kappa shape index (κ3) is 25.0. The molecule has 0 aliphatic heterocycles. The maximum absolute atomic E-state index is 4.25. The quantitative estimate of drug-likeness (QED) is 0.166. The Balaban J connectivity index is 0.000000222. The molecule has 0 N–H and O–H groups in total. The van der Waals surface area contributed by atoms with Crippen molar-refractivity contribution in [1.82, 2.24) is 15.0 Å². The molecule has 1 aliphatic rings. The Morgan fingerprint density at radius 2 is 0.624 bits per heavy atom. The van der Waals surface area contributed by atoms with Gasteiger partial charge in [0.05, 0.1) is 24.2 Å². The molecule has 538 valence electrons. The van der Waals surface area contributed by atoms with Crippen molar-refractivity contribution >= 4 is 39.8 Å². The minimum Gasteiger partial charge on any atom is -0.265 e. The first kappa shape index (κ1) is 84.3. The molecule has 7 aromatic carbocycles. The van der Waals surface area contributed by atoms with Gasteiger partial charge in [0.15, 0.2) is 0 Å². The predicted molar refractivity (Wildman–Crippen MR) is 458 cm³/mol. The highest BCUT2D eigenvalue weighted by Crippen LogP contribution is 2.48. The summed E-state index contributed by atoms with van der Waals surface area (Å²) in [6.45, 7) is 71.4. The van der Waals surface area contributed by atoms with E-state index in [1.807, 2.05) is 43.0 Å². The zero-order valence-electron chi connectivity index (χ0n) is 68.8.